The number of hydrogen-bond acceptors (Lipinski definition) is 8. The van der Waals surface area contributed by atoms with Gasteiger partial charge in [-0.15, -0.1) is 0 Å². The first kappa shape index (κ1) is 20.8. The summed E-state index contributed by atoms with van der Waals surface area (Å²) in [5.74, 6) is 1.19. The summed E-state index contributed by atoms with van der Waals surface area (Å²) in [4.78, 5) is 19.4. The van der Waals surface area contributed by atoms with Gasteiger partial charge in [-0.2, -0.15) is 0 Å². The van der Waals surface area contributed by atoms with Crippen LogP contribution in [0.15, 0.2) is 30.7 Å². The average molecular weight is 439 g/mol. The van der Waals surface area contributed by atoms with Gasteiger partial charge in [-0.25, -0.2) is 19.3 Å². The van der Waals surface area contributed by atoms with Gasteiger partial charge in [0.15, 0.2) is 11.6 Å². The third-order valence-corrected chi connectivity index (χ3v) is 6.07. The van der Waals surface area contributed by atoms with E-state index in [9.17, 15) is 4.39 Å². The lowest BCUT2D eigenvalue weighted by molar-refractivity contribution is 0.122. The minimum atomic E-state index is -0.418. The highest BCUT2D eigenvalue weighted by atomic mass is 19.1. The lowest BCUT2D eigenvalue weighted by Crippen LogP contribution is -2.36. The van der Waals surface area contributed by atoms with Crippen molar-refractivity contribution in [3.8, 4) is 5.75 Å². The first-order valence-corrected chi connectivity index (χ1v) is 11.2. The fourth-order valence-corrected chi connectivity index (χ4v) is 4.38. The zero-order chi connectivity index (χ0) is 21.9. The maximum Gasteiger partial charge on any atom is 0.183 e. The lowest BCUT2D eigenvalue weighted by atomic mass is 9.93. The summed E-state index contributed by atoms with van der Waals surface area (Å²) in [7, 11) is 0. The van der Waals surface area contributed by atoms with E-state index in [0.29, 0.717) is 5.82 Å². The number of benzene rings is 1. The molecule has 3 aromatic rings. The Hall–Kier alpha value is -3.07. The number of nitrogens with one attached hydrogen (secondary N) is 1. The number of fused-ring (bicyclic) bond motifs is 1. The van der Waals surface area contributed by atoms with Crippen molar-refractivity contribution >= 4 is 22.5 Å². The Morgan fingerprint density at radius 3 is 2.66 bits per heavy atom. The Morgan fingerprint density at radius 1 is 1.06 bits per heavy atom. The van der Waals surface area contributed by atoms with E-state index in [-0.39, 0.29) is 18.0 Å². The Labute approximate surface area is 186 Å². The molecule has 1 N–H and O–H groups in total. The SMILES string of the molecule is Cc1ncc(F)c(N[C@H]2CC[C@@H](Oc3cc(N4CCOCC4)cc4nccnc34)CC2)n1. The highest BCUT2D eigenvalue weighted by Gasteiger charge is 2.25. The van der Waals surface area contributed by atoms with Crippen LogP contribution in [-0.4, -0.2) is 58.4 Å². The third-order valence-electron chi connectivity index (χ3n) is 6.07. The van der Waals surface area contributed by atoms with Crippen molar-refractivity contribution in [2.75, 3.05) is 36.5 Å². The van der Waals surface area contributed by atoms with E-state index in [2.05, 4.69) is 42.3 Å². The predicted molar refractivity (Wildman–Crippen MR) is 120 cm³/mol. The summed E-state index contributed by atoms with van der Waals surface area (Å²) in [6.45, 7) is 4.89. The monoisotopic (exact) mass is 438 g/mol. The molecule has 1 aliphatic carbocycles. The van der Waals surface area contributed by atoms with Crippen LogP contribution in [0, 0.1) is 12.7 Å². The average Bonchev–Trinajstić information content (AvgIpc) is 2.83. The van der Waals surface area contributed by atoms with Crippen LogP contribution in [-0.2, 0) is 4.74 Å². The Balaban J connectivity index is 1.28. The molecule has 0 radical (unpaired) electrons. The second kappa shape index (κ2) is 9.20. The van der Waals surface area contributed by atoms with Crippen molar-refractivity contribution in [2.45, 2.75) is 44.8 Å². The maximum absolute atomic E-state index is 14.0. The molecule has 2 aromatic heterocycles. The lowest BCUT2D eigenvalue weighted by Gasteiger charge is -2.31. The zero-order valence-corrected chi connectivity index (χ0v) is 18.1. The molecule has 0 atom stereocenters. The van der Waals surface area contributed by atoms with E-state index >= 15 is 0 Å². The van der Waals surface area contributed by atoms with E-state index in [4.69, 9.17) is 9.47 Å². The Morgan fingerprint density at radius 2 is 1.84 bits per heavy atom. The van der Waals surface area contributed by atoms with E-state index in [1.54, 1.807) is 19.3 Å². The molecule has 32 heavy (non-hydrogen) atoms. The van der Waals surface area contributed by atoms with E-state index in [1.165, 1.54) is 6.20 Å². The normalized spacial score (nSPS) is 21.5. The van der Waals surface area contributed by atoms with Gasteiger partial charge in [0.1, 0.15) is 17.1 Å². The fraction of sp³-hybridized carbons (Fsp3) is 0.478. The van der Waals surface area contributed by atoms with Gasteiger partial charge in [-0.1, -0.05) is 0 Å². The number of rotatable bonds is 5. The van der Waals surface area contributed by atoms with Crippen LogP contribution in [0.1, 0.15) is 31.5 Å². The van der Waals surface area contributed by atoms with Crippen molar-refractivity contribution < 1.29 is 13.9 Å². The van der Waals surface area contributed by atoms with Gasteiger partial charge in [-0.05, 0) is 38.7 Å². The van der Waals surface area contributed by atoms with Gasteiger partial charge in [0.2, 0.25) is 0 Å². The summed E-state index contributed by atoms with van der Waals surface area (Å²) in [5.41, 5.74) is 2.70. The first-order chi connectivity index (χ1) is 15.7. The van der Waals surface area contributed by atoms with Crippen molar-refractivity contribution in [3.63, 3.8) is 0 Å². The molecule has 0 unspecified atom stereocenters. The molecule has 0 amide bonds. The summed E-state index contributed by atoms with van der Waals surface area (Å²) in [6, 6.07) is 4.31. The maximum atomic E-state index is 14.0. The van der Waals surface area contributed by atoms with Gasteiger partial charge >= 0.3 is 0 Å². The minimum Gasteiger partial charge on any atom is -0.488 e. The van der Waals surface area contributed by atoms with Crippen LogP contribution in [0.5, 0.6) is 5.75 Å². The van der Waals surface area contributed by atoms with Crippen LogP contribution in [0.3, 0.4) is 0 Å². The van der Waals surface area contributed by atoms with Crippen LogP contribution in [0.4, 0.5) is 15.9 Å². The highest BCUT2D eigenvalue weighted by molar-refractivity contribution is 5.85. The molecule has 3 heterocycles. The molecule has 0 spiro atoms. The molecule has 2 fully saturated rings. The molecular formula is C23H27FN6O2. The van der Waals surface area contributed by atoms with Crippen molar-refractivity contribution in [1.82, 2.24) is 19.9 Å². The predicted octanol–water partition coefficient (Wildman–Crippen LogP) is 3.51. The number of nitrogens with zero attached hydrogens (tertiary/aromatic N) is 5. The van der Waals surface area contributed by atoms with Crippen LogP contribution < -0.4 is 15.0 Å². The highest BCUT2D eigenvalue weighted by Crippen LogP contribution is 2.33. The van der Waals surface area contributed by atoms with Gasteiger partial charge in [0.25, 0.3) is 0 Å². The summed E-state index contributed by atoms with van der Waals surface area (Å²) >= 11 is 0. The molecule has 5 rings (SSSR count). The third kappa shape index (κ3) is 4.57. The van der Waals surface area contributed by atoms with E-state index < -0.39 is 5.82 Å². The van der Waals surface area contributed by atoms with E-state index in [1.807, 2.05) is 0 Å². The smallest absolute Gasteiger partial charge is 0.183 e. The Kier molecular flexibility index (Phi) is 5.98. The molecule has 1 aromatic carbocycles. The summed E-state index contributed by atoms with van der Waals surface area (Å²) in [6.07, 6.45) is 8.19. The number of morpholine rings is 1. The van der Waals surface area contributed by atoms with Gasteiger partial charge in [0.05, 0.1) is 31.0 Å². The number of halogens is 1. The molecule has 2 aliphatic rings. The number of hydrogen-bond donors (Lipinski definition) is 1. The van der Waals surface area contributed by atoms with E-state index in [0.717, 1.165) is 74.5 Å². The van der Waals surface area contributed by atoms with Gasteiger partial charge < -0.3 is 19.7 Å². The molecule has 1 aliphatic heterocycles. The second-order valence-electron chi connectivity index (χ2n) is 8.32. The molecule has 9 heteroatoms. The van der Waals surface area contributed by atoms with Crippen LogP contribution in [0.25, 0.3) is 11.0 Å². The standard InChI is InChI=1S/C23H27FN6O2/c1-15-27-14-19(24)23(28-15)29-16-2-4-18(5-3-16)32-21-13-17(30-8-10-31-11-9-30)12-20-22(21)26-7-6-25-20/h6-7,12-14,16,18H,2-5,8-11H2,1H3,(H,27,28,29)/t16-,18+. The molecular weight excluding hydrogens is 411 g/mol. The van der Waals surface area contributed by atoms with Gasteiger partial charge in [0, 0.05) is 43.3 Å². The van der Waals surface area contributed by atoms with Crippen LogP contribution in [0.2, 0.25) is 0 Å². The zero-order valence-electron chi connectivity index (χ0n) is 18.1. The number of aryl methyl sites for hydroxylation is 1. The topological polar surface area (TPSA) is 85.3 Å². The second-order valence-corrected chi connectivity index (χ2v) is 8.32. The van der Waals surface area contributed by atoms with Crippen molar-refractivity contribution in [1.29, 1.82) is 0 Å². The molecule has 168 valence electrons. The largest absolute Gasteiger partial charge is 0.488 e. The van der Waals surface area contributed by atoms with Crippen molar-refractivity contribution in [2.24, 2.45) is 0 Å². The minimum absolute atomic E-state index is 0.0789. The van der Waals surface area contributed by atoms with Crippen LogP contribution >= 0.6 is 0 Å². The summed E-state index contributed by atoms with van der Waals surface area (Å²) < 4.78 is 25.9. The molecule has 1 saturated heterocycles. The fourth-order valence-electron chi connectivity index (χ4n) is 4.38. The molecule has 8 nitrogen and oxygen atoms in total. The number of aromatic nitrogens is 4. The van der Waals surface area contributed by atoms with Crippen molar-refractivity contribution in [3.05, 3.63) is 42.4 Å². The Bertz CT molecular complexity index is 1080. The van der Waals surface area contributed by atoms with Gasteiger partial charge in [-0.3, -0.25) is 4.98 Å². The molecule has 0 bridgehead atoms. The quantitative estimate of drug-likeness (QED) is 0.648. The number of ether oxygens (including phenoxy) is 2. The summed E-state index contributed by atoms with van der Waals surface area (Å²) in [5, 5.41) is 3.23. The number of anilines is 2. The first-order valence-electron chi connectivity index (χ1n) is 11.2. The molecule has 1 saturated carbocycles.